The third-order valence-corrected chi connectivity index (χ3v) is 6.44. The highest BCUT2D eigenvalue weighted by Crippen LogP contribution is 2.23. The number of carboxylic acid groups (broad SMARTS) is 1. The van der Waals surface area contributed by atoms with Crippen molar-refractivity contribution in [3.63, 3.8) is 0 Å². The molecule has 0 bridgehead atoms. The molecule has 1 aliphatic rings. The van der Waals surface area contributed by atoms with E-state index < -0.39 is 21.9 Å². The van der Waals surface area contributed by atoms with E-state index in [1.165, 1.54) is 16.4 Å². The standard InChI is InChI=1S/C18H26N2O5S/c1-13(10-17(21)22)12-19-18(23)16-11-15(7-6-14(16)2)26(24,25)20-8-4-3-5-9-20/h6-7,11,13H,3-5,8-10,12H2,1-2H3,(H,19,23)(H,21,22). The SMILES string of the molecule is Cc1ccc(S(=O)(=O)N2CCCCC2)cc1C(=O)NCC(C)CC(=O)O. The van der Waals surface area contributed by atoms with Crippen molar-refractivity contribution in [3.05, 3.63) is 29.3 Å². The summed E-state index contributed by atoms with van der Waals surface area (Å²) in [7, 11) is -3.61. The zero-order valence-electron chi connectivity index (χ0n) is 15.2. The number of carbonyl (C=O) groups excluding carboxylic acids is 1. The van der Waals surface area contributed by atoms with Gasteiger partial charge in [-0.05, 0) is 43.4 Å². The number of carboxylic acids is 1. The molecule has 1 atom stereocenters. The maximum atomic E-state index is 12.8. The Balaban J connectivity index is 2.15. The van der Waals surface area contributed by atoms with Gasteiger partial charge in [0.1, 0.15) is 0 Å². The van der Waals surface area contributed by atoms with Crippen molar-refractivity contribution >= 4 is 21.9 Å². The molecule has 1 amide bonds. The summed E-state index contributed by atoms with van der Waals surface area (Å²) in [5.41, 5.74) is 0.969. The Bertz CT molecular complexity index is 770. The van der Waals surface area contributed by atoms with Gasteiger partial charge in [-0.15, -0.1) is 0 Å². The summed E-state index contributed by atoms with van der Waals surface area (Å²) in [5, 5.41) is 11.5. The molecule has 144 valence electrons. The first-order chi connectivity index (χ1) is 12.2. The number of benzene rings is 1. The molecule has 2 rings (SSSR count). The van der Waals surface area contributed by atoms with E-state index >= 15 is 0 Å². The van der Waals surface area contributed by atoms with Crippen LogP contribution < -0.4 is 5.32 Å². The van der Waals surface area contributed by atoms with Crippen molar-refractivity contribution in [2.45, 2.75) is 44.4 Å². The Morgan fingerprint density at radius 3 is 2.50 bits per heavy atom. The quantitative estimate of drug-likeness (QED) is 0.751. The Morgan fingerprint density at radius 1 is 1.23 bits per heavy atom. The van der Waals surface area contributed by atoms with Crippen molar-refractivity contribution in [3.8, 4) is 0 Å². The molecule has 2 N–H and O–H groups in total. The molecule has 0 saturated carbocycles. The maximum Gasteiger partial charge on any atom is 0.303 e. The van der Waals surface area contributed by atoms with Crippen LogP contribution >= 0.6 is 0 Å². The van der Waals surface area contributed by atoms with E-state index in [1.54, 1.807) is 19.9 Å². The number of rotatable bonds is 7. The minimum absolute atomic E-state index is 0.0390. The number of sulfonamides is 1. The monoisotopic (exact) mass is 382 g/mol. The van der Waals surface area contributed by atoms with Gasteiger partial charge in [0.05, 0.1) is 4.90 Å². The molecule has 1 saturated heterocycles. The summed E-state index contributed by atoms with van der Waals surface area (Å²) in [4.78, 5) is 23.3. The first-order valence-corrected chi connectivity index (χ1v) is 10.3. The number of aryl methyl sites for hydroxylation is 1. The summed E-state index contributed by atoms with van der Waals surface area (Å²) in [6, 6.07) is 4.58. The van der Waals surface area contributed by atoms with E-state index in [2.05, 4.69) is 5.32 Å². The van der Waals surface area contributed by atoms with Crippen LogP contribution in [0.15, 0.2) is 23.1 Å². The predicted octanol–water partition coefficient (Wildman–Crippen LogP) is 2.01. The van der Waals surface area contributed by atoms with Gasteiger partial charge in [-0.3, -0.25) is 9.59 Å². The Hall–Kier alpha value is -1.93. The van der Waals surface area contributed by atoms with Crippen LogP contribution in [0.5, 0.6) is 0 Å². The van der Waals surface area contributed by atoms with Crippen molar-refractivity contribution in [1.29, 1.82) is 0 Å². The zero-order chi connectivity index (χ0) is 19.3. The van der Waals surface area contributed by atoms with Crippen LogP contribution in [0.1, 0.15) is 48.5 Å². The molecule has 0 spiro atoms. The van der Waals surface area contributed by atoms with Gasteiger partial charge in [-0.2, -0.15) is 4.31 Å². The molecular weight excluding hydrogens is 356 g/mol. The fourth-order valence-corrected chi connectivity index (χ4v) is 4.54. The summed E-state index contributed by atoms with van der Waals surface area (Å²) < 4.78 is 27.0. The van der Waals surface area contributed by atoms with Crippen LogP contribution in [0.2, 0.25) is 0 Å². The zero-order valence-corrected chi connectivity index (χ0v) is 16.0. The smallest absolute Gasteiger partial charge is 0.303 e. The fourth-order valence-electron chi connectivity index (χ4n) is 2.99. The summed E-state index contributed by atoms with van der Waals surface area (Å²) in [6.45, 7) is 4.70. The predicted molar refractivity (Wildman–Crippen MR) is 97.5 cm³/mol. The number of amides is 1. The normalized spacial score (nSPS) is 16.8. The second kappa shape index (κ2) is 8.64. The molecule has 1 aromatic carbocycles. The van der Waals surface area contributed by atoms with Gasteiger partial charge in [-0.1, -0.05) is 19.4 Å². The average Bonchev–Trinajstić information content (AvgIpc) is 2.60. The lowest BCUT2D eigenvalue weighted by Crippen LogP contribution is -2.36. The number of hydrogen-bond donors (Lipinski definition) is 2. The second-order valence-corrected chi connectivity index (χ2v) is 8.79. The number of piperidine rings is 1. The van der Waals surface area contributed by atoms with E-state index in [0.29, 0.717) is 24.2 Å². The van der Waals surface area contributed by atoms with Gasteiger partial charge >= 0.3 is 5.97 Å². The number of carbonyl (C=O) groups is 2. The highest BCUT2D eigenvalue weighted by atomic mass is 32.2. The van der Waals surface area contributed by atoms with Crippen LogP contribution in [-0.2, 0) is 14.8 Å². The molecule has 0 radical (unpaired) electrons. The van der Waals surface area contributed by atoms with Crippen LogP contribution in [0.3, 0.4) is 0 Å². The molecule has 1 aliphatic heterocycles. The van der Waals surface area contributed by atoms with Gasteiger partial charge < -0.3 is 10.4 Å². The van der Waals surface area contributed by atoms with Gasteiger partial charge in [0.25, 0.3) is 5.91 Å². The largest absolute Gasteiger partial charge is 0.481 e. The topological polar surface area (TPSA) is 104 Å². The molecule has 1 aromatic rings. The van der Waals surface area contributed by atoms with E-state index in [9.17, 15) is 18.0 Å². The molecule has 1 heterocycles. The molecule has 7 nitrogen and oxygen atoms in total. The lowest BCUT2D eigenvalue weighted by molar-refractivity contribution is -0.137. The highest BCUT2D eigenvalue weighted by molar-refractivity contribution is 7.89. The molecule has 1 fully saturated rings. The van der Waals surface area contributed by atoms with Crippen LogP contribution in [0.4, 0.5) is 0 Å². The van der Waals surface area contributed by atoms with Crippen LogP contribution in [0.25, 0.3) is 0 Å². The maximum absolute atomic E-state index is 12.8. The molecule has 8 heteroatoms. The lowest BCUT2D eigenvalue weighted by Gasteiger charge is -2.26. The van der Waals surface area contributed by atoms with Crippen molar-refractivity contribution in [1.82, 2.24) is 9.62 Å². The Morgan fingerprint density at radius 2 is 1.88 bits per heavy atom. The fraction of sp³-hybridized carbons (Fsp3) is 0.556. The number of nitrogens with zero attached hydrogens (tertiary/aromatic N) is 1. The number of aliphatic carboxylic acids is 1. The third-order valence-electron chi connectivity index (χ3n) is 4.54. The van der Waals surface area contributed by atoms with Gasteiger partial charge in [0.2, 0.25) is 10.0 Å². The molecule has 0 aliphatic carbocycles. The van der Waals surface area contributed by atoms with Gasteiger partial charge in [-0.25, -0.2) is 8.42 Å². The second-order valence-electron chi connectivity index (χ2n) is 6.85. The van der Waals surface area contributed by atoms with Crippen molar-refractivity contribution < 1.29 is 23.1 Å². The van der Waals surface area contributed by atoms with E-state index in [-0.39, 0.29) is 23.8 Å². The van der Waals surface area contributed by atoms with Crippen molar-refractivity contribution in [2.24, 2.45) is 5.92 Å². The summed E-state index contributed by atoms with van der Waals surface area (Å²) >= 11 is 0. The minimum atomic E-state index is -3.61. The molecule has 1 unspecified atom stereocenters. The third kappa shape index (κ3) is 5.04. The summed E-state index contributed by atoms with van der Waals surface area (Å²) in [5.74, 6) is -1.52. The lowest BCUT2D eigenvalue weighted by atomic mass is 10.1. The van der Waals surface area contributed by atoms with E-state index in [4.69, 9.17) is 5.11 Å². The number of nitrogens with one attached hydrogen (secondary N) is 1. The highest BCUT2D eigenvalue weighted by Gasteiger charge is 2.27. The van der Waals surface area contributed by atoms with Gasteiger partial charge in [0, 0.05) is 31.6 Å². The molecule has 26 heavy (non-hydrogen) atoms. The first-order valence-electron chi connectivity index (χ1n) is 8.82. The first kappa shape index (κ1) is 20.4. The van der Waals surface area contributed by atoms with Crippen LogP contribution in [0, 0.1) is 12.8 Å². The van der Waals surface area contributed by atoms with E-state index in [0.717, 1.165) is 19.3 Å². The average molecular weight is 382 g/mol. The summed E-state index contributed by atoms with van der Waals surface area (Å²) in [6.07, 6.45) is 2.69. The van der Waals surface area contributed by atoms with Crippen molar-refractivity contribution in [2.75, 3.05) is 19.6 Å². The van der Waals surface area contributed by atoms with E-state index in [1.807, 2.05) is 0 Å². The van der Waals surface area contributed by atoms with Gasteiger partial charge in [0.15, 0.2) is 0 Å². The van der Waals surface area contributed by atoms with Crippen LogP contribution in [-0.4, -0.2) is 49.3 Å². The molecule has 0 aromatic heterocycles. The Kier molecular flexibility index (Phi) is 6.77. The minimum Gasteiger partial charge on any atom is -0.481 e. The Labute approximate surface area is 154 Å². The number of hydrogen-bond acceptors (Lipinski definition) is 4. The molecular formula is C18H26N2O5S.